The van der Waals surface area contributed by atoms with E-state index in [0.717, 1.165) is 24.8 Å². The van der Waals surface area contributed by atoms with Gasteiger partial charge in [-0.1, -0.05) is 17.0 Å². The Balaban J connectivity index is 1.49. The van der Waals surface area contributed by atoms with Crippen molar-refractivity contribution in [2.75, 3.05) is 38.9 Å². The Hall–Kier alpha value is -1.22. The molecule has 15 heteroatoms. The summed E-state index contributed by atoms with van der Waals surface area (Å²) < 4.78 is 33.2. The molecule has 0 saturated carbocycles. The molecule has 0 bridgehead atoms. The van der Waals surface area contributed by atoms with Gasteiger partial charge in [0.15, 0.2) is 13.5 Å². The largest absolute Gasteiger partial charge is 0.471 e. The molecule has 2 rings (SSSR count). The highest BCUT2D eigenvalue weighted by Crippen LogP contribution is 2.41. The predicted octanol–water partition coefficient (Wildman–Crippen LogP) is 2.22. The van der Waals surface area contributed by atoms with Gasteiger partial charge in [0.1, 0.15) is 0 Å². The van der Waals surface area contributed by atoms with Gasteiger partial charge in [0.2, 0.25) is 0 Å². The van der Waals surface area contributed by atoms with Crippen molar-refractivity contribution >= 4 is 27.9 Å². The maximum atomic E-state index is 11.2. The second-order valence-electron chi connectivity index (χ2n) is 8.05. The van der Waals surface area contributed by atoms with E-state index in [0.29, 0.717) is 56.3 Å². The highest BCUT2D eigenvalue weighted by Gasteiger charge is 2.18. The first kappa shape index (κ1) is 29.0. The summed E-state index contributed by atoms with van der Waals surface area (Å²) in [4.78, 5) is 27.6. The number of unbranched alkanes of at least 4 members (excludes halogenated alkanes) is 1. The minimum atomic E-state index is -3.90. The molecule has 192 valence electrons. The molecule has 2 aromatic rings. The highest BCUT2D eigenvalue weighted by atomic mass is 32.2. The molecule has 0 amide bonds. The van der Waals surface area contributed by atoms with Crippen molar-refractivity contribution in [3.8, 4) is 0 Å². The van der Waals surface area contributed by atoms with Crippen LogP contribution in [0.5, 0.6) is 0 Å². The van der Waals surface area contributed by atoms with Crippen molar-refractivity contribution in [2.45, 2.75) is 50.7 Å². The van der Waals surface area contributed by atoms with Crippen LogP contribution in [-0.4, -0.2) is 81.9 Å². The molecule has 0 aliphatic rings. The van der Waals surface area contributed by atoms with Crippen LogP contribution in [0.3, 0.4) is 0 Å². The first-order chi connectivity index (χ1) is 16.2. The van der Waals surface area contributed by atoms with Crippen molar-refractivity contribution in [3.05, 3.63) is 29.8 Å². The summed E-state index contributed by atoms with van der Waals surface area (Å²) in [7, 11) is -4.88. The van der Waals surface area contributed by atoms with Gasteiger partial charge in [0, 0.05) is 36.6 Å². The minimum absolute atomic E-state index is 0.146. The van der Waals surface area contributed by atoms with E-state index in [1.165, 1.54) is 11.8 Å². The first-order valence-corrected chi connectivity index (χ1v) is 16.5. The molecular formula is C19H34N5O7PSSi. The smallest absolute Gasteiger partial charge is 0.431 e. The fraction of sp³-hybridized carbons (Fsp3) is 0.684. The van der Waals surface area contributed by atoms with E-state index in [4.69, 9.17) is 18.9 Å². The van der Waals surface area contributed by atoms with E-state index in [1.54, 1.807) is 17.1 Å². The third kappa shape index (κ3) is 13.0. The zero-order chi connectivity index (χ0) is 24.9. The predicted molar refractivity (Wildman–Crippen MR) is 129 cm³/mol. The van der Waals surface area contributed by atoms with Crippen molar-refractivity contribution in [2.24, 2.45) is 0 Å². The topological polar surface area (TPSA) is 151 Å². The highest BCUT2D eigenvalue weighted by molar-refractivity contribution is 8.00. The Morgan fingerprint density at radius 2 is 1.85 bits per heavy atom. The molecule has 0 aromatic carbocycles. The van der Waals surface area contributed by atoms with Crippen molar-refractivity contribution in [1.29, 1.82) is 0 Å². The number of thioether (sulfide) groups is 1. The van der Waals surface area contributed by atoms with Crippen LogP contribution in [0.25, 0.3) is 0 Å². The molecule has 0 spiro atoms. The minimum Gasteiger partial charge on any atom is -0.431 e. The Bertz CT molecular complexity index is 885. The van der Waals surface area contributed by atoms with E-state index < -0.39 is 16.1 Å². The SMILES string of the molecule is COP(=O)(O)OCCCCc1cn(CCOCCOCc2cnc(SC[Si](C)(C)O)nc2)nn1. The van der Waals surface area contributed by atoms with Crippen molar-refractivity contribution < 1.29 is 32.8 Å². The molecule has 34 heavy (non-hydrogen) atoms. The van der Waals surface area contributed by atoms with Gasteiger partial charge in [-0.3, -0.25) is 9.05 Å². The molecule has 2 heterocycles. The number of rotatable bonds is 18. The Morgan fingerprint density at radius 3 is 2.56 bits per heavy atom. The van der Waals surface area contributed by atoms with Gasteiger partial charge in [-0.25, -0.2) is 19.2 Å². The van der Waals surface area contributed by atoms with Crippen molar-refractivity contribution in [3.63, 3.8) is 0 Å². The van der Waals surface area contributed by atoms with Gasteiger partial charge in [-0.15, -0.1) is 5.10 Å². The standard InChI is InChI=1S/C19H34N5O7PSSi/c1-28-32(25,26)31-8-5-4-6-18-14-24(23-22-18)7-9-29-10-11-30-15-17-12-20-19(21-13-17)33-16-34(2,3)27/h12-14,27H,4-11,15-16H2,1-3H3,(H,25,26). The first-order valence-electron chi connectivity index (χ1n) is 10.9. The average molecular weight is 536 g/mol. The van der Waals surface area contributed by atoms with Crippen LogP contribution in [0.15, 0.2) is 23.7 Å². The van der Waals surface area contributed by atoms with Crippen LogP contribution in [0.4, 0.5) is 0 Å². The van der Waals surface area contributed by atoms with E-state index in [1.807, 2.05) is 19.3 Å². The number of phosphoric ester groups is 1. The molecule has 1 unspecified atom stereocenters. The maximum absolute atomic E-state index is 11.2. The van der Waals surface area contributed by atoms with E-state index >= 15 is 0 Å². The zero-order valence-electron chi connectivity index (χ0n) is 19.8. The monoisotopic (exact) mass is 535 g/mol. The molecule has 0 fully saturated rings. The summed E-state index contributed by atoms with van der Waals surface area (Å²) >= 11 is 1.47. The molecule has 1 atom stereocenters. The Labute approximate surface area is 205 Å². The lowest BCUT2D eigenvalue weighted by Crippen LogP contribution is -2.29. The number of aromatic nitrogens is 5. The van der Waals surface area contributed by atoms with E-state index in [9.17, 15) is 9.36 Å². The van der Waals surface area contributed by atoms with Crippen LogP contribution >= 0.6 is 19.6 Å². The van der Waals surface area contributed by atoms with Crippen molar-refractivity contribution in [1.82, 2.24) is 25.0 Å². The molecule has 0 saturated heterocycles. The fourth-order valence-corrected chi connectivity index (χ4v) is 5.15. The second kappa shape index (κ2) is 15.0. The van der Waals surface area contributed by atoms with Crippen LogP contribution < -0.4 is 0 Å². The number of ether oxygens (including phenoxy) is 2. The number of hydrogen-bond acceptors (Lipinski definition) is 11. The third-order valence-corrected chi connectivity index (χ3v) is 9.08. The molecule has 2 N–H and O–H groups in total. The number of aryl methyl sites for hydroxylation is 1. The van der Waals surface area contributed by atoms with Crippen LogP contribution in [0.1, 0.15) is 24.1 Å². The molecule has 12 nitrogen and oxygen atoms in total. The summed E-state index contributed by atoms with van der Waals surface area (Å²) in [5.74, 6) is 0. The van der Waals surface area contributed by atoms with Crippen LogP contribution in [-0.2, 0) is 42.7 Å². The van der Waals surface area contributed by atoms with Gasteiger partial charge in [-0.2, -0.15) is 0 Å². The Morgan fingerprint density at radius 1 is 1.12 bits per heavy atom. The molecule has 0 aliphatic carbocycles. The van der Waals surface area contributed by atoms with Crippen LogP contribution in [0, 0.1) is 0 Å². The zero-order valence-corrected chi connectivity index (χ0v) is 22.5. The summed E-state index contributed by atoms with van der Waals surface area (Å²) in [6, 6.07) is 0. The fourth-order valence-electron chi connectivity index (χ4n) is 2.50. The quantitative estimate of drug-likeness (QED) is 0.0946. The molecule has 2 aromatic heterocycles. The molecule has 0 radical (unpaired) electrons. The van der Waals surface area contributed by atoms with Gasteiger partial charge >= 0.3 is 7.82 Å². The van der Waals surface area contributed by atoms with Crippen LogP contribution in [0.2, 0.25) is 13.1 Å². The maximum Gasteiger partial charge on any atom is 0.471 e. The van der Waals surface area contributed by atoms with Gasteiger partial charge < -0.3 is 19.2 Å². The molecular weight excluding hydrogens is 501 g/mol. The normalized spacial score (nSPS) is 13.8. The lowest BCUT2D eigenvalue weighted by atomic mass is 10.2. The number of hydrogen-bond donors (Lipinski definition) is 2. The summed E-state index contributed by atoms with van der Waals surface area (Å²) in [5, 5.41) is 9.50. The summed E-state index contributed by atoms with van der Waals surface area (Å²) in [6.07, 6.45) is 7.40. The van der Waals surface area contributed by atoms with E-state index in [-0.39, 0.29) is 6.61 Å². The third-order valence-electron chi connectivity index (χ3n) is 4.24. The Kier molecular flexibility index (Phi) is 12.8. The van der Waals surface area contributed by atoms with E-state index in [2.05, 4.69) is 24.8 Å². The lowest BCUT2D eigenvalue weighted by Gasteiger charge is -2.12. The average Bonchev–Trinajstić information content (AvgIpc) is 3.24. The lowest BCUT2D eigenvalue weighted by molar-refractivity contribution is 0.0368. The van der Waals surface area contributed by atoms with Gasteiger partial charge in [0.05, 0.1) is 45.3 Å². The number of nitrogens with zero attached hydrogens (tertiary/aromatic N) is 5. The number of phosphoric acid groups is 1. The van der Waals surface area contributed by atoms with Gasteiger partial charge in [0.25, 0.3) is 0 Å². The summed E-state index contributed by atoms with van der Waals surface area (Å²) in [5.41, 5.74) is 1.73. The van der Waals surface area contributed by atoms with Gasteiger partial charge in [-0.05, 0) is 32.4 Å². The molecule has 0 aliphatic heterocycles. The summed E-state index contributed by atoms with van der Waals surface area (Å²) in [6.45, 7) is 6.32. The second-order valence-corrected chi connectivity index (χ2v) is 15.0.